The first kappa shape index (κ1) is 17.0. The topological polar surface area (TPSA) is 45.7 Å². The van der Waals surface area contributed by atoms with Crippen LogP contribution in [0.1, 0.15) is 52.4 Å². The molecule has 4 heteroatoms. The highest BCUT2D eigenvalue weighted by Crippen LogP contribution is 2.19. The van der Waals surface area contributed by atoms with Gasteiger partial charge in [-0.05, 0) is 52.4 Å². The number of rotatable bonds is 9. The zero-order chi connectivity index (χ0) is 14.5. The molecule has 20 heavy (non-hydrogen) atoms. The highest BCUT2D eigenvalue weighted by atomic mass is 16.5. The minimum atomic E-state index is 0.789. The molecule has 0 aromatic heterocycles. The van der Waals surface area contributed by atoms with Gasteiger partial charge < -0.3 is 15.4 Å². The van der Waals surface area contributed by atoms with Crippen LogP contribution in [0.3, 0.4) is 0 Å². The predicted molar refractivity (Wildman–Crippen MR) is 86.3 cm³/mol. The van der Waals surface area contributed by atoms with E-state index in [0.29, 0.717) is 0 Å². The molecule has 116 valence electrons. The highest BCUT2D eigenvalue weighted by molar-refractivity contribution is 5.79. The van der Waals surface area contributed by atoms with Gasteiger partial charge in [-0.3, -0.25) is 4.99 Å². The molecular weight excluding hydrogens is 250 g/mol. The highest BCUT2D eigenvalue weighted by Gasteiger charge is 2.03. The van der Waals surface area contributed by atoms with Crippen molar-refractivity contribution < 1.29 is 4.74 Å². The Morgan fingerprint density at radius 2 is 2.20 bits per heavy atom. The van der Waals surface area contributed by atoms with Crippen LogP contribution in [0.15, 0.2) is 16.6 Å². The first-order chi connectivity index (χ1) is 9.86. The summed E-state index contributed by atoms with van der Waals surface area (Å²) in [5.41, 5.74) is 1.61. The lowest BCUT2D eigenvalue weighted by Gasteiger charge is -2.15. The van der Waals surface area contributed by atoms with Crippen molar-refractivity contribution in [2.24, 2.45) is 4.99 Å². The largest absolute Gasteiger partial charge is 0.382 e. The van der Waals surface area contributed by atoms with Crippen LogP contribution >= 0.6 is 0 Å². The molecule has 4 nitrogen and oxygen atoms in total. The predicted octanol–water partition coefficient (Wildman–Crippen LogP) is 2.86. The van der Waals surface area contributed by atoms with Gasteiger partial charge in [0.05, 0.1) is 0 Å². The molecule has 0 unspecified atom stereocenters. The van der Waals surface area contributed by atoms with E-state index in [1.165, 1.54) is 25.7 Å². The van der Waals surface area contributed by atoms with E-state index in [9.17, 15) is 0 Å². The van der Waals surface area contributed by atoms with Gasteiger partial charge in [0.1, 0.15) is 0 Å². The van der Waals surface area contributed by atoms with E-state index in [1.54, 1.807) is 5.57 Å². The Bertz CT molecular complexity index is 300. The molecule has 0 spiro atoms. The number of hydrogen-bond donors (Lipinski definition) is 2. The van der Waals surface area contributed by atoms with Gasteiger partial charge in [-0.2, -0.15) is 0 Å². The number of hydrogen-bond acceptors (Lipinski definition) is 2. The zero-order valence-electron chi connectivity index (χ0n) is 13.2. The molecule has 0 radical (unpaired) electrons. The van der Waals surface area contributed by atoms with Gasteiger partial charge in [-0.25, -0.2) is 0 Å². The summed E-state index contributed by atoms with van der Waals surface area (Å²) < 4.78 is 5.32. The van der Waals surface area contributed by atoms with Crippen molar-refractivity contribution in [2.75, 3.05) is 32.8 Å². The number of guanidine groups is 1. The smallest absolute Gasteiger partial charge is 0.191 e. The van der Waals surface area contributed by atoms with Gasteiger partial charge in [0, 0.05) is 32.8 Å². The lowest BCUT2D eigenvalue weighted by molar-refractivity contribution is 0.146. The van der Waals surface area contributed by atoms with Gasteiger partial charge in [-0.15, -0.1) is 0 Å². The number of ether oxygens (including phenoxy) is 1. The van der Waals surface area contributed by atoms with Gasteiger partial charge >= 0.3 is 0 Å². The van der Waals surface area contributed by atoms with E-state index < -0.39 is 0 Å². The lowest BCUT2D eigenvalue weighted by Crippen LogP contribution is -2.38. The molecule has 0 heterocycles. The molecule has 0 aliphatic heterocycles. The van der Waals surface area contributed by atoms with Gasteiger partial charge in [-0.1, -0.05) is 11.6 Å². The molecule has 1 aliphatic rings. The van der Waals surface area contributed by atoms with Crippen LogP contribution in [0, 0.1) is 0 Å². The van der Waals surface area contributed by atoms with Crippen LogP contribution in [0.5, 0.6) is 0 Å². The molecule has 1 aliphatic carbocycles. The van der Waals surface area contributed by atoms with Crippen molar-refractivity contribution in [3.8, 4) is 0 Å². The number of nitrogens with one attached hydrogen (secondary N) is 2. The summed E-state index contributed by atoms with van der Waals surface area (Å²) in [6, 6.07) is 0. The molecule has 0 saturated heterocycles. The SMILES string of the molecule is CCNC(=NCCCOCC)NCCC1=CCCCC1. The summed E-state index contributed by atoms with van der Waals surface area (Å²) in [6.07, 6.45) is 9.80. The quantitative estimate of drug-likeness (QED) is 0.296. The minimum absolute atomic E-state index is 0.789. The summed E-state index contributed by atoms with van der Waals surface area (Å²) in [5, 5.41) is 6.71. The summed E-state index contributed by atoms with van der Waals surface area (Å²) in [7, 11) is 0. The van der Waals surface area contributed by atoms with Crippen molar-refractivity contribution in [3.05, 3.63) is 11.6 Å². The second-order valence-corrected chi connectivity index (χ2v) is 5.10. The van der Waals surface area contributed by atoms with Crippen molar-refractivity contribution in [1.29, 1.82) is 0 Å². The third-order valence-corrected chi connectivity index (χ3v) is 3.39. The molecule has 2 N–H and O–H groups in total. The fourth-order valence-corrected chi connectivity index (χ4v) is 2.32. The van der Waals surface area contributed by atoms with Gasteiger partial charge in [0.25, 0.3) is 0 Å². The molecule has 0 aromatic carbocycles. The average Bonchev–Trinajstić information content (AvgIpc) is 2.48. The van der Waals surface area contributed by atoms with Crippen LogP contribution in [0.4, 0.5) is 0 Å². The zero-order valence-corrected chi connectivity index (χ0v) is 13.2. The summed E-state index contributed by atoms with van der Waals surface area (Å²) >= 11 is 0. The fraction of sp³-hybridized carbons (Fsp3) is 0.812. The number of nitrogens with zero attached hydrogens (tertiary/aromatic N) is 1. The summed E-state index contributed by atoms with van der Waals surface area (Å²) in [5.74, 6) is 0.931. The Morgan fingerprint density at radius 1 is 1.30 bits per heavy atom. The summed E-state index contributed by atoms with van der Waals surface area (Å²) in [6.45, 7) is 8.40. The number of aliphatic imine (C=N–C) groups is 1. The normalized spacial score (nSPS) is 15.9. The van der Waals surface area contributed by atoms with Crippen LogP contribution in [-0.2, 0) is 4.74 Å². The van der Waals surface area contributed by atoms with Gasteiger partial charge in [0.15, 0.2) is 5.96 Å². The minimum Gasteiger partial charge on any atom is -0.382 e. The van der Waals surface area contributed by atoms with Crippen LogP contribution in [-0.4, -0.2) is 38.8 Å². The third kappa shape index (κ3) is 8.20. The van der Waals surface area contributed by atoms with E-state index >= 15 is 0 Å². The second-order valence-electron chi connectivity index (χ2n) is 5.10. The third-order valence-electron chi connectivity index (χ3n) is 3.39. The first-order valence-corrected chi connectivity index (χ1v) is 8.14. The molecule has 0 amide bonds. The van der Waals surface area contributed by atoms with E-state index in [1.807, 2.05) is 6.92 Å². The van der Waals surface area contributed by atoms with Crippen molar-refractivity contribution in [2.45, 2.75) is 52.4 Å². The molecule has 0 aromatic rings. The Morgan fingerprint density at radius 3 is 2.90 bits per heavy atom. The molecule has 0 bridgehead atoms. The molecule has 0 atom stereocenters. The van der Waals surface area contributed by atoms with Crippen LogP contribution < -0.4 is 10.6 Å². The standard InChI is InChI=1S/C16H31N3O/c1-3-17-16(18-12-8-14-20-4-2)19-13-11-15-9-6-5-7-10-15/h9H,3-8,10-14H2,1-2H3,(H2,17,18,19). The molecule has 1 rings (SSSR count). The van der Waals surface area contributed by atoms with E-state index in [4.69, 9.17) is 4.74 Å². The van der Waals surface area contributed by atoms with E-state index in [-0.39, 0.29) is 0 Å². The average molecular weight is 281 g/mol. The fourth-order valence-electron chi connectivity index (χ4n) is 2.32. The lowest BCUT2D eigenvalue weighted by atomic mass is 9.97. The molecule has 0 fully saturated rings. The van der Waals surface area contributed by atoms with Crippen molar-refractivity contribution in [1.82, 2.24) is 10.6 Å². The maximum absolute atomic E-state index is 5.32. The maximum atomic E-state index is 5.32. The van der Waals surface area contributed by atoms with E-state index in [0.717, 1.165) is 51.6 Å². The first-order valence-electron chi connectivity index (χ1n) is 8.14. The molecule has 0 saturated carbocycles. The summed E-state index contributed by atoms with van der Waals surface area (Å²) in [4.78, 5) is 4.56. The van der Waals surface area contributed by atoms with E-state index in [2.05, 4.69) is 28.6 Å². The van der Waals surface area contributed by atoms with Crippen molar-refractivity contribution >= 4 is 5.96 Å². The Hall–Kier alpha value is -1.03. The maximum Gasteiger partial charge on any atom is 0.191 e. The second kappa shape index (κ2) is 11.8. The van der Waals surface area contributed by atoms with Gasteiger partial charge in [0.2, 0.25) is 0 Å². The van der Waals surface area contributed by atoms with Crippen molar-refractivity contribution in [3.63, 3.8) is 0 Å². The van der Waals surface area contributed by atoms with Crippen LogP contribution in [0.2, 0.25) is 0 Å². The monoisotopic (exact) mass is 281 g/mol. The van der Waals surface area contributed by atoms with Crippen LogP contribution in [0.25, 0.3) is 0 Å². The Balaban J connectivity index is 2.19. The Kier molecular flexibility index (Phi) is 10.0. The molecular formula is C16H31N3O. The Labute approximate surface area is 124 Å². The number of allylic oxidation sites excluding steroid dienone is 1.